The molecule has 1 amide bonds. The first-order valence-electron chi connectivity index (χ1n) is 6.67. The van der Waals surface area contributed by atoms with Crippen molar-refractivity contribution in [3.05, 3.63) is 29.3 Å². The zero-order chi connectivity index (χ0) is 13.8. The molecule has 18 heavy (non-hydrogen) atoms. The van der Waals surface area contributed by atoms with Crippen LogP contribution >= 0.6 is 0 Å². The lowest BCUT2D eigenvalue weighted by atomic mass is 9.97. The van der Waals surface area contributed by atoms with Gasteiger partial charge in [-0.05, 0) is 37.3 Å². The van der Waals surface area contributed by atoms with E-state index >= 15 is 0 Å². The molecule has 100 valence electrons. The van der Waals surface area contributed by atoms with Crippen molar-refractivity contribution in [2.45, 2.75) is 52.5 Å². The Labute approximate surface area is 110 Å². The predicted molar refractivity (Wildman–Crippen MR) is 76.7 cm³/mol. The summed E-state index contributed by atoms with van der Waals surface area (Å²) in [5.41, 5.74) is 8.43. The highest BCUT2D eigenvalue weighted by Crippen LogP contribution is 2.23. The zero-order valence-corrected chi connectivity index (χ0v) is 11.8. The summed E-state index contributed by atoms with van der Waals surface area (Å²) < 4.78 is 0. The molecule has 0 radical (unpaired) electrons. The van der Waals surface area contributed by atoms with Crippen LogP contribution in [0.3, 0.4) is 0 Å². The number of hydrogen-bond donors (Lipinski definition) is 2. The van der Waals surface area contributed by atoms with Crippen molar-refractivity contribution in [1.82, 2.24) is 0 Å². The van der Waals surface area contributed by atoms with Gasteiger partial charge in [-0.3, -0.25) is 4.79 Å². The van der Waals surface area contributed by atoms with Crippen LogP contribution in [0, 0.1) is 0 Å². The molecule has 0 spiro atoms. The summed E-state index contributed by atoms with van der Waals surface area (Å²) in [6, 6.07) is 6.14. The number of carbonyl (C=O) groups excluding carboxylic acids is 1. The van der Waals surface area contributed by atoms with Crippen LogP contribution in [0.4, 0.5) is 5.69 Å². The minimum Gasteiger partial charge on any atom is -0.324 e. The fourth-order valence-corrected chi connectivity index (χ4v) is 1.82. The molecule has 0 heterocycles. The Balaban J connectivity index is 3.06. The van der Waals surface area contributed by atoms with Gasteiger partial charge >= 0.3 is 0 Å². The van der Waals surface area contributed by atoms with E-state index in [9.17, 15) is 4.79 Å². The average molecular weight is 248 g/mol. The fraction of sp³-hybridized carbons (Fsp3) is 0.533. The molecular formula is C15H24N2O. The van der Waals surface area contributed by atoms with E-state index in [0.717, 1.165) is 29.7 Å². The Morgan fingerprint density at radius 2 is 1.72 bits per heavy atom. The number of aryl methyl sites for hydroxylation is 2. The second-order valence-electron chi connectivity index (χ2n) is 4.88. The summed E-state index contributed by atoms with van der Waals surface area (Å²) in [5.74, 6) is -0.111. The molecule has 0 fully saturated rings. The Hall–Kier alpha value is -1.35. The summed E-state index contributed by atoms with van der Waals surface area (Å²) in [6.07, 6.45) is 2.42. The van der Waals surface area contributed by atoms with Gasteiger partial charge in [-0.2, -0.15) is 0 Å². The van der Waals surface area contributed by atoms with Crippen LogP contribution in [0.15, 0.2) is 18.2 Å². The first-order chi connectivity index (χ1) is 8.46. The monoisotopic (exact) mass is 248 g/mol. The fourth-order valence-electron chi connectivity index (χ4n) is 1.82. The van der Waals surface area contributed by atoms with Crippen LogP contribution in [0.1, 0.15) is 45.2 Å². The van der Waals surface area contributed by atoms with Gasteiger partial charge in [0.2, 0.25) is 5.91 Å². The van der Waals surface area contributed by atoms with E-state index in [-0.39, 0.29) is 5.91 Å². The van der Waals surface area contributed by atoms with Crippen molar-refractivity contribution in [1.29, 1.82) is 0 Å². The number of carbonyl (C=O) groups is 1. The van der Waals surface area contributed by atoms with Crippen molar-refractivity contribution in [3.8, 4) is 0 Å². The molecule has 1 rings (SSSR count). The van der Waals surface area contributed by atoms with Crippen LogP contribution in [-0.4, -0.2) is 11.4 Å². The number of nitrogens with one attached hydrogen (secondary N) is 1. The Morgan fingerprint density at radius 1 is 1.22 bits per heavy atom. The van der Waals surface area contributed by atoms with Crippen LogP contribution < -0.4 is 11.1 Å². The molecule has 0 saturated heterocycles. The molecule has 1 aromatic rings. The third-order valence-corrected chi connectivity index (χ3v) is 3.49. The van der Waals surface area contributed by atoms with Gasteiger partial charge in [-0.25, -0.2) is 0 Å². The number of hydrogen-bond acceptors (Lipinski definition) is 2. The summed E-state index contributed by atoms with van der Waals surface area (Å²) in [5, 5.41) is 3.01. The first-order valence-corrected chi connectivity index (χ1v) is 6.67. The van der Waals surface area contributed by atoms with Crippen molar-refractivity contribution in [2.24, 2.45) is 5.73 Å². The maximum atomic E-state index is 12.2. The van der Waals surface area contributed by atoms with E-state index < -0.39 is 5.54 Å². The molecule has 0 aliphatic carbocycles. The van der Waals surface area contributed by atoms with Crippen molar-refractivity contribution in [3.63, 3.8) is 0 Å². The Morgan fingerprint density at radius 3 is 2.11 bits per heavy atom. The second-order valence-corrected chi connectivity index (χ2v) is 4.88. The number of anilines is 1. The van der Waals surface area contributed by atoms with E-state index in [1.807, 2.05) is 13.0 Å². The van der Waals surface area contributed by atoms with Gasteiger partial charge in [0.15, 0.2) is 0 Å². The van der Waals surface area contributed by atoms with E-state index in [4.69, 9.17) is 5.73 Å². The largest absolute Gasteiger partial charge is 0.324 e. The van der Waals surface area contributed by atoms with Crippen molar-refractivity contribution >= 4 is 11.6 Å². The van der Waals surface area contributed by atoms with Crippen LogP contribution in [-0.2, 0) is 17.6 Å². The van der Waals surface area contributed by atoms with Gasteiger partial charge in [0, 0.05) is 5.69 Å². The number of nitrogens with two attached hydrogens (primary N) is 1. The molecule has 3 N–H and O–H groups in total. The minimum atomic E-state index is -0.814. The number of rotatable bonds is 5. The van der Waals surface area contributed by atoms with E-state index in [1.165, 1.54) is 0 Å². The van der Waals surface area contributed by atoms with Crippen molar-refractivity contribution < 1.29 is 4.79 Å². The molecule has 3 heteroatoms. The lowest BCUT2D eigenvalue weighted by Crippen LogP contribution is -2.48. The summed E-state index contributed by atoms with van der Waals surface area (Å²) in [6.45, 7) is 7.87. The Bertz CT molecular complexity index is 402. The molecule has 0 aliphatic heterocycles. The Kier molecular flexibility index (Phi) is 4.91. The van der Waals surface area contributed by atoms with Crippen LogP contribution in [0.2, 0.25) is 0 Å². The van der Waals surface area contributed by atoms with Crippen LogP contribution in [0.5, 0.6) is 0 Å². The van der Waals surface area contributed by atoms with Crippen LogP contribution in [0.25, 0.3) is 0 Å². The molecule has 0 aromatic heterocycles. The van der Waals surface area contributed by atoms with Gasteiger partial charge in [-0.15, -0.1) is 0 Å². The first kappa shape index (κ1) is 14.7. The molecule has 1 aromatic carbocycles. The van der Waals surface area contributed by atoms with Gasteiger partial charge in [0.25, 0.3) is 0 Å². The zero-order valence-electron chi connectivity index (χ0n) is 11.8. The molecule has 0 bridgehead atoms. The maximum Gasteiger partial charge on any atom is 0.244 e. The van der Waals surface area contributed by atoms with Gasteiger partial charge < -0.3 is 11.1 Å². The predicted octanol–water partition coefficient (Wildman–Crippen LogP) is 2.88. The third-order valence-electron chi connectivity index (χ3n) is 3.49. The molecular weight excluding hydrogens is 224 g/mol. The van der Waals surface area contributed by atoms with Gasteiger partial charge in [0.05, 0.1) is 5.54 Å². The van der Waals surface area contributed by atoms with E-state index in [0.29, 0.717) is 6.42 Å². The highest BCUT2D eigenvalue weighted by Gasteiger charge is 2.26. The summed E-state index contributed by atoms with van der Waals surface area (Å²) >= 11 is 0. The number of amides is 1. The van der Waals surface area contributed by atoms with E-state index in [1.54, 1.807) is 6.92 Å². The third kappa shape index (κ3) is 3.10. The molecule has 1 unspecified atom stereocenters. The number of para-hydroxylation sites is 1. The molecule has 0 aliphatic rings. The summed E-state index contributed by atoms with van der Waals surface area (Å²) in [4.78, 5) is 12.2. The lowest BCUT2D eigenvalue weighted by molar-refractivity contribution is -0.120. The molecule has 0 saturated carbocycles. The molecule has 3 nitrogen and oxygen atoms in total. The van der Waals surface area contributed by atoms with Crippen molar-refractivity contribution in [2.75, 3.05) is 5.32 Å². The second kappa shape index (κ2) is 6.01. The van der Waals surface area contributed by atoms with E-state index in [2.05, 4.69) is 31.3 Å². The highest BCUT2D eigenvalue weighted by atomic mass is 16.2. The SMILES string of the molecule is CCc1cccc(CC)c1NC(=O)C(C)(N)CC. The smallest absolute Gasteiger partial charge is 0.244 e. The lowest BCUT2D eigenvalue weighted by Gasteiger charge is -2.23. The molecule has 1 atom stereocenters. The topological polar surface area (TPSA) is 55.1 Å². The van der Waals surface area contributed by atoms with Gasteiger partial charge in [0.1, 0.15) is 0 Å². The standard InChI is InChI=1S/C15H24N2O/c1-5-11-9-8-10-12(6-2)13(11)17-14(18)15(4,16)7-3/h8-10H,5-7,16H2,1-4H3,(H,17,18). The summed E-state index contributed by atoms with van der Waals surface area (Å²) in [7, 11) is 0. The van der Waals surface area contributed by atoms with Gasteiger partial charge in [-0.1, -0.05) is 39.0 Å². The minimum absolute atomic E-state index is 0.111. The average Bonchev–Trinajstić information content (AvgIpc) is 2.38. The quantitative estimate of drug-likeness (QED) is 0.842. The normalized spacial score (nSPS) is 14.1. The highest BCUT2D eigenvalue weighted by molar-refractivity contribution is 5.98. The maximum absolute atomic E-state index is 12.2. The number of benzene rings is 1.